The summed E-state index contributed by atoms with van der Waals surface area (Å²) >= 11 is 0. The maximum Gasteiger partial charge on any atom is 0.225 e. The summed E-state index contributed by atoms with van der Waals surface area (Å²) in [5.41, 5.74) is 3.84. The molecule has 1 saturated heterocycles. The van der Waals surface area contributed by atoms with Crippen LogP contribution in [0.1, 0.15) is 31.7 Å². The number of nitrogens with zero attached hydrogens (tertiary/aromatic N) is 6. The number of aromatic nitrogens is 2. The summed E-state index contributed by atoms with van der Waals surface area (Å²) in [6, 6.07) is 12.5. The molecule has 0 radical (unpaired) electrons. The summed E-state index contributed by atoms with van der Waals surface area (Å²) < 4.78 is 0. The van der Waals surface area contributed by atoms with Crippen LogP contribution in [0.4, 0.5) is 5.95 Å². The molecule has 3 heterocycles. The molecule has 6 heteroatoms. The number of hydrogen-bond donors (Lipinski definition) is 0. The molecule has 1 aromatic heterocycles. The van der Waals surface area contributed by atoms with Crippen LogP contribution >= 0.6 is 0 Å². The molecule has 2 aromatic rings. The van der Waals surface area contributed by atoms with Crippen molar-refractivity contribution in [1.29, 1.82) is 0 Å². The standard InChI is InChI=1S/C25H30N6/c1-19-9-10-21-22(17-19)23(18-20-7-3-2-4-8-20)28-29-24(21)30-13-6-14-31(16-15-30)25-26-11-5-12-27-25/h2-5,7-8,11-12,17,19,21H,6,9-10,13-16,18H2,1H3. The van der Waals surface area contributed by atoms with Gasteiger partial charge in [0, 0.05) is 50.9 Å². The lowest BCUT2D eigenvalue weighted by molar-refractivity contribution is 0.406. The Morgan fingerprint density at radius 1 is 0.871 bits per heavy atom. The summed E-state index contributed by atoms with van der Waals surface area (Å²) in [6.45, 7) is 6.13. The van der Waals surface area contributed by atoms with E-state index in [4.69, 9.17) is 10.2 Å². The quantitative estimate of drug-likeness (QED) is 0.763. The van der Waals surface area contributed by atoms with Gasteiger partial charge >= 0.3 is 0 Å². The van der Waals surface area contributed by atoms with Crippen molar-refractivity contribution >= 4 is 17.5 Å². The molecule has 1 aliphatic carbocycles. The Morgan fingerprint density at radius 3 is 2.48 bits per heavy atom. The summed E-state index contributed by atoms with van der Waals surface area (Å²) in [5.74, 6) is 2.95. The zero-order valence-corrected chi connectivity index (χ0v) is 18.2. The first-order valence-corrected chi connectivity index (χ1v) is 11.5. The zero-order valence-electron chi connectivity index (χ0n) is 18.2. The molecule has 3 aliphatic rings. The van der Waals surface area contributed by atoms with Crippen molar-refractivity contribution < 1.29 is 0 Å². The van der Waals surface area contributed by atoms with E-state index in [9.17, 15) is 0 Å². The first kappa shape index (κ1) is 19.9. The third-order valence-corrected chi connectivity index (χ3v) is 6.54. The molecule has 2 unspecified atom stereocenters. The lowest BCUT2D eigenvalue weighted by Crippen LogP contribution is -2.43. The van der Waals surface area contributed by atoms with Crippen LogP contribution in [0, 0.1) is 11.8 Å². The number of rotatable bonds is 3. The fourth-order valence-electron chi connectivity index (χ4n) is 4.91. The van der Waals surface area contributed by atoms with Gasteiger partial charge in [0.1, 0.15) is 5.84 Å². The van der Waals surface area contributed by atoms with Crippen LogP contribution in [0.25, 0.3) is 0 Å². The van der Waals surface area contributed by atoms with Crippen LogP contribution in [0.5, 0.6) is 0 Å². The van der Waals surface area contributed by atoms with E-state index in [1.165, 1.54) is 17.6 Å². The highest BCUT2D eigenvalue weighted by Gasteiger charge is 2.34. The lowest BCUT2D eigenvalue weighted by atomic mass is 9.78. The van der Waals surface area contributed by atoms with E-state index >= 15 is 0 Å². The first-order chi connectivity index (χ1) is 15.3. The molecule has 5 rings (SSSR count). The van der Waals surface area contributed by atoms with Crippen molar-refractivity contribution in [1.82, 2.24) is 14.9 Å². The topological polar surface area (TPSA) is 57.0 Å². The Kier molecular flexibility index (Phi) is 5.78. The minimum Gasteiger partial charge on any atom is -0.356 e. The Balaban J connectivity index is 1.38. The molecule has 6 nitrogen and oxygen atoms in total. The predicted molar refractivity (Wildman–Crippen MR) is 125 cm³/mol. The van der Waals surface area contributed by atoms with E-state index in [0.29, 0.717) is 11.8 Å². The fourth-order valence-corrected chi connectivity index (χ4v) is 4.91. The number of allylic oxidation sites excluding steroid dienone is 1. The van der Waals surface area contributed by atoms with Gasteiger partial charge in [-0.05, 0) is 42.4 Å². The molecule has 0 N–H and O–H groups in total. The van der Waals surface area contributed by atoms with Gasteiger partial charge in [-0.25, -0.2) is 9.97 Å². The Morgan fingerprint density at radius 2 is 1.65 bits per heavy atom. The third-order valence-electron chi connectivity index (χ3n) is 6.54. The van der Waals surface area contributed by atoms with Gasteiger partial charge < -0.3 is 9.80 Å². The van der Waals surface area contributed by atoms with E-state index in [1.54, 1.807) is 0 Å². The van der Waals surface area contributed by atoms with Crippen LogP contribution in [0.15, 0.2) is 70.6 Å². The van der Waals surface area contributed by atoms with Crippen molar-refractivity contribution in [3.63, 3.8) is 0 Å². The summed E-state index contributed by atoms with van der Waals surface area (Å²) in [6.07, 6.45) is 10.4. The van der Waals surface area contributed by atoms with Gasteiger partial charge in [0.2, 0.25) is 5.95 Å². The number of anilines is 1. The van der Waals surface area contributed by atoms with Gasteiger partial charge in [-0.2, -0.15) is 5.10 Å². The SMILES string of the molecule is CC1C=C2C(Cc3ccccc3)=NN=C(N3CCCN(c4ncccn4)CC3)C2CC1. The van der Waals surface area contributed by atoms with E-state index in [0.717, 1.165) is 62.9 Å². The van der Waals surface area contributed by atoms with Crippen LogP contribution in [0.3, 0.4) is 0 Å². The van der Waals surface area contributed by atoms with Gasteiger partial charge in [0.25, 0.3) is 0 Å². The second-order valence-corrected chi connectivity index (χ2v) is 8.77. The van der Waals surface area contributed by atoms with E-state index in [1.807, 2.05) is 18.5 Å². The lowest BCUT2D eigenvalue weighted by Gasteiger charge is -2.36. The number of benzene rings is 1. The second-order valence-electron chi connectivity index (χ2n) is 8.77. The maximum absolute atomic E-state index is 4.82. The van der Waals surface area contributed by atoms with Crippen LogP contribution < -0.4 is 4.90 Å². The number of fused-ring (bicyclic) bond motifs is 1. The van der Waals surface area contributed by atoms with E-state index < -0.39 is 0 Å². The molecule has 2 atom stereocenters. The molecule has 31 heavy (non-hydrogen) atoms. The average Bonchev–Trinajstić information content (AvgIpc) is 3.07. The summed E-state index contributed by atoms with van der Waals surface area (Å²) in [4.78, 5) is 13.6. The Hall–Kier alpha value is -3.02. The second kappa shape index (κ2) is 9.00. The van der Waals surface area contributed by atoms with Gasteiger partial charge in [-0.1, -0.05) is 43.3 Å². The van der Waals surface area contributed by atoms with Crippen LogP contribution in [0.2, 0.25) is 0 Å². The highest BCUT2D eigenvalue weighted by molar-refractivity contribution is 6.09. The predicted octanol–water partition coefficient (Wildman–Crippen LogP) is 3.97. The van der Waals surface area contributed by atoms with Crippen molar-refractivity contribution in [3.8, 4) is 0 Å². The molecule has 0 bridgehead atoms. The van der Waals surface area contributed by atoms with Crippen molar-refractivity contribution in [2.45, 2.75) is 32.6 Å². The van der Waals surface area contributed by atoms with Gasteiger partial charge in [0.05, 0.1) is 5.71 Å². The van der Waals surface area contributed by atoms with Crippen molar-refractivity contribution in [2.75, 3.05) is 31.1 Å². The molecule has 0 spiro atoms. The van der Waals surface area contributed by atoms with E-state index in [2.05, 4.69) is 63.1 Å². The van der Waals surface area contributed by atoms with Crippen LogP contribution in [-0.2, 0) is 6.42 Å². The number of hydrogen-bond acceptors (Lipinski definition) is 6. The Bertz CT molecular complexity index is 982. The molecule has 2 aliphatic heterocycles. The summed E-state index contributed by atoms with van der Waals surface area (Å²) in [5, 5.41) is 9.58. The largest absolute Gasteiger partial charge is 0.356 e. The van der Waals surface area contributed by atoms with Crippen molar-refractivity contribution in [3.05, 3.63) is 66.0 Å². The van der Waals surface area contributed by atoms with Gasteiger partial charge in [0.15, 0.2) is 0 Å². The minimum atomic E-state index is 0.368. The molecule has 1 fully saturated rings. The summed E-state index contributed by atoms with van der Waals surface area (Å²) in [7, 11) is 0. The third kappa shape index (κ3) is 4.38. The first-order valence-electron chi connectivity index (χ1n) is 11.5. The minimum absolute atomic E-state index is 0.368. The molecular formula is C25H30N6. The smallest absolute Gasteiger partial charge is 0.225 e. The maximum atomic E-state index is 4.82. The zero-order chi connectivity index (χ0) is 21.0. The van der Waals surface area contributed by atoms with Crippen molar-refractivity contribution in [2.24, 2.45) is 22.0 Å². The molecular weight excluding hydrogens is 384 g/mol. The molecule has 0 amide bonds. The van der Waals surface area contributed by atoms with Gasteiger partial charge in [-0.15, -0.1) is 5.10 Å². The molecule has 0 saturated carbocycles. The Labute approximate surface area is 184 Å². The fraction of sp³-hybridized carbons (Fsp3) is 0.440. The van der Waals surface area contributed by atoms with Gasteiger partial charge in [-0.3, -0.25) is 0 Å². The highest BCUT2D eigenvalue weighted by atomic mass is 15.3. The van der Waals surface area contributed by atoms with Crippen LogP contribution in [-0.4, -0.2) is 52.6 Å². The normalized spacial score (nSPS) is 24.0. The average molecular weight is 415 g/mol. The molecule has 160 valence electrons. The monoisotopic (exact) mass is 414 g/mol. The molecule has 1 aromatic carbocycles. The number of amidine groups is 1. The van der Waals surface area contributed by atoms with E-state index in [-0.39, 0.29) is 0 Å². The highest BCUT2D eigenvalue weighted by Crippen LogP contribution is 2.35.